The van der Waals surface area contributed by atoms with E-state index in [9.17, 15) is 5.11 Å². The van der Waals surface area contributed by atoms with Gasteiger partial charge in [0, 0.05) is 6.61 Å². The molecular formula is C16H26O. The van der Waals surface area contributed by atoms with Gasteiger partial charge in [0.2, 0.25) is 0 Å². The van der Waals surface area contributed by atoms with Gasteiger partial charge in [0.05, 0.1) is 0 Å². The minimum absolute atomic E-state index is 0.320. The summed E-state index contributed by atoms with van der Waals surface area (Å²) in [6, 6.07) is 8.51. The molecule has 0 fully saturated rings. The average Bonchev–Trinajstić information content (AvgIpc) is 2.35. The normalized spacial score (nSPS) is 12.6. The monoisotopic (exact) mass is 234 g/mol. The van der Waals surface area contributed by atoms with Crippen LogP contribution in [0, 0.1) is 12.8 Å². The third kappa shape index (κ3) is 5.36. The Morgan fingerprint density at radius 1 is 1.12 bits per heavy atom. The van der Waals surface area contributed by atoms with E-state index in [1.54, 1.807) is 0 Å². The number of hydrogen-bond donors (Lipinski definition) is 1. The highest BCUT2D eigenvalue weighted by Crippen LogP contribution is 2.18. The average molecular weight is 234 g/mol. The summed E-state index contributed by atoms with van der Waals surface area (Å²) in [5.74, 6) is 0.438. The SMILES string of the molecule is CCCCCCC(CO)Cc1ccccc1C. The van der Waals surface area contributed by atoms with Crippen LogP contribution < -0.4 is 0 Å². The van der Waals surface area contributed by atoms with E-state index < -0.39 is 0 Å². The minimum atomic E-state index is 0.320. The molecule has 0 bridgehead atoms. The second-order valence-electron chi connectivity index (χ2n) is 5.03. The third-order valence-corrected chi connectivity index (χ3v) is 3.49. The summed E-state index contributed by atoms with van der Waals surface area (Å²) in [7, 11) is 0. The summed E-state index contributed by atoms with van der Waals surface area (Å²) < 4.78 is 0. The largest absolute Gasteiger partial charge is 0.396 e. The lowest BCUT2D eigenvalue weighted by Crippen LogP contribution is -2.10. The van der Waals surface area contributed by atoms with Crippen molar-refractivity contribution in [3.05, 3.63) is 35.4 Å². The van der Waals surface area contributed by atoms with Crippen LogP contribution in [0.5, 0.6) is 0 Å². The van der Waals surface area contributed by atoms with E-state index in [2.05, 4.69) is 38.1 Å². The van der Waals surface area contributed by atoms with E-state index in [-0.39, 0.29) is 0 Å². The summed E-state index contributed by atoms with van der Waals surface area (Å²) in [6.45, 7) is 4.71. The molecule has 0 radical (unpaired) electrons. The van der Waals surface area contributed by atoms with Gasteiger partial charge in [-0.15, -0.1) is 0 Å². The molecular weight excluding hydrogens is 208 g/mol. The first-order valence-electron chi connectivity index (χ1n) is 6.93. The lowest BCUT2D eigenvalue weighted by atomic mass is 9.92. The first-order valence-corrected chi connectivity index (χ1v) is 6.93. The van der Waals surface area contributed by atoms with Crippen LogP contribution in [0.25, 0.3) is 0 Å². The predicted molar refractivity (Wildman–Crippen MR) is 74.2 cm³/mol. The highest BCUT2D eigenvalue weighted by molar-refractivity contribution is 5.25. The molecule has 1 aromatic carbocycles. The molecule has 1 atom stereocenters. The van der Waals surface area contributed by atoms with E-state index in [4.69, 9.17) is 0 Å². The molecule has 1 unspecified atom stereocenters. The fourth-order valence-corrected chi connectivity index (χ4v) is 2.27. The lowest BCUT2D eigenvalue weighted by molar-refractivity contribution is 0.214. The zero-order valence-corrected chi connectivity index (χ0v) is 11.3. The van der Waals surface area contributed by atoms with E-state index in [0.29, 0.717) is 12.5 Å². The van der Waals surface area contributed by atoms with Gasteiger partial charge in [-0.05, 0) is 36.8 Å². The number of benzene rings is 1. The molecule has 96 valence electrons. The molecule has 0 aliphatic rings. The Morgan fingerprint density at radius 3 is 2.53 bits per heavy atom. The van der Waals surface area contributed by atoms with Crippen LogP contribution in [-0.2, 0) is 6.42 Å². The van der Waals surface area contributed by atoms with Crippen molar-refractivity contribution in [3.63, 3.8) is 0 Å². The predicted octanol–water partition coefficient (Wildman–Crippen LogP) is 4.12. The molecule has 0 saturated heterocycles. The van der Waals surface area contributed by atoms with Gasteiger partial charge in [-0.3, -0.25) is 0 Å². The topological polar surface area (TPSA) is 20.2 Å². The van der Waals surface area contributed by atoms with Gasteiger partial charge in [-0.2, -0.15) is 0 Å². The number of unbranched alkanes of at least 4 members (excludes halogenated alkanes) is 3. The summed E-state index contributed by atoms with van der Waals surface area (Å²) in [5, 5.41) is 9.43. The van der Waals surface area contributed by atoms with Crippen molar-refractivity contribution in [3.8, 4) is 0 Å². The molecule has 0 heterocycles. The maximum Gasteiger partial charge on any atom is 0.0462 e. The Kier molecular flexibility index (Phi) is 6.95. The van der Waals surface area contributed by atoms with Gasteiger partial charge in [0.15, 0.2) is 0 Å². The van der Waals surface area contributed by atoms with Crippen molar-refractivity contribution in [2.45, 2.75) is 52.4 Å². The molecule has 0 aliphatic heterocycles. The number of aliphatic hydroxyl groups is 1. The van der Waals surface area contributed by atoms with Crippen LogP contribution in [0.4, 0.5) is 0 Å². The van der Waals surface area contributed by atoms with Crippen LogP contribution in [-0.4, -0.2) is 11.7 Å². The second-order valence-corrected chi connectivity index (χ2v) is 5.03. The molecule has 1 nitrogen and oxygen atoms in total. The van der Waals surface area contributed by atoms with Crippen molar-refractivity contribution in [1.29, 1.82) is 0 Å². The highest BCUT2D eigenvalue weighted by Gasteiger charge is 2.09. The molecule has 1 rings (SSSR count). The maximum absolute atomic E-state index is 9.43. The number of rotatable bonds is 8. The Bertz CT molecular complexity index is 306. The first kappa shape index (κ1) is 14.2. The quantitative estimate of drug-likeness (QED) is 0.671. The van der Waals surface area contributed by atoms with Crippen LogP contribution in [0.15, 0.2) is 24.3 Å². The Morgan fingerprint density at radius 2 is 1.88 bits per heavy atom. The minimum Gasteiger partial charge on any atom is -0.396 e. The molecule has 0 spiro atoms. The van der Waals surface area contributed by atoms with E-state index in [1.165, 1.54) is 36.8 Å². The van der Waals surface area contributed by atoms with Crippen LogP contribution in [0.2, 0.25) is 0 Å². The van der Waals surface area contributed by atoms with Crippen LogP contribution >= 0.6 is 0 Å². The molecule has 1 N–H and O–H groups in total. The van der Waals surface area contributed by atoms with Crippen LogP contribution in [0.3, 0.4) is 0 Å². The van der Waals surface area contributed by atoms with Crippen molar-refractivity contribution in [2.75, 3.05) is 6.61 Å². The number of hydrogen-bond acceptors (Lipinski definition) is 1. The third-order valence-electron chi connectivity index (χ3n) is 3.49. The highest BCUT2D eigenvalue weighted by atomic mass is 16.3. The van der Waals surface area contributed by atoms with Gasteiger partial charge >= 0.3 is 0 Å². The summed E-state index contributed by atoms with van der Waals surface area (Å²) in [5.41, 5.74) is 2.74. The molecule has 17 heavy (non-hydrogen) atoms. The number of aliphatic hydroxyl groups excluding tert-OH is 1. The van der Waals surface area contributed by atoms with Crippen molar-refractivity contribution >= 4 is 0 Å². The molecule has 1 aromatic rings. The summed E-state index contributed by atoms with van der Waals surface area (Å²) >= 11 is 0. The smallest absolute Gasteiger partial charge is 0.0462 e. The van der Waals surface area contributed by atoms with Gasteiger partial charge in [-0.25, -0.2) is 0 Å². The lowest BCUT2D eigenvalue weighted by Gasteiger charge is -2.15. The fourth-order valence-electron chi connectivity index (χ4n) is 2.27. The second kappa shape index (κ2) is 8.30. The fraction of sp³-hybridized carbons (Fsp3) is 0.625. The molecule has 0 saturated carbocycles. The summed E-state index contributed by atoms with van der Waals surface area (Å²) in [4.78, 5) is 0. The maximum atomic E-state index is 9.43. The molecule has 0 amide bonds. The van der Waals surface area contributed by atoms with Gasteiger partial charge < -0.3 is 5.11 Å². The standard InChI is InChI=1S/C16H26O/c1-3-4-5-6-10-15(13-17)12-16-11-8-7-9-14(16)2/h7-9,11,15,17H,3-6,10,12-13H2,1-2H3. The van der Waals surface area contributed by atoms with E-state index >= 15 is 0 Å². The Labute approximate surface area is 106 Å². The molecule has 0 aliphatic carbocycles. The van der Waals surface area contributed by atoms with Crippen molar-refractivity contribution in [1.82, 2.24) is 0 Å². The number of aryl methyl sites for hydroxylation is 1. The van der Waals surface area contributed by atoms with Gasteiger partial charge in [0.1, 0.15) is 0 Å². The zero-order chi connectivity index (χ0) is 12.5. The van der Waals surface area contributed by atoms with Crippen molar-refractivity contribution in [2.24, 2.45) is 5.92 Å². The molecule has 0 aromatic heterocycles. The van der Waals surface area contributed by atoms with E-state index in [1.807, 2.05) is 0 Å². The Balaban J connectivity index is 2.38. The van der Waals surface area contributed by atoms with E-state index in [0.717, 1.165) is 12.8 Å². The van der Waals surface area contributed by atoms with Gasteiger partial charge in [0.25, 0.3) is 0 Å². The summed E-state index contributed by atoms with van der Waals surface area (Å²) in [6.07, 6.45) is 7.34. The Hall–Kier alpha value is -0.820. The van der Waals surface area contributed by atoms with Gasteiger partial charge in [-0.1, -0.05) is 56.9 Å². The molecule has 1 heteroatoms. The van der Waals surface area contributed by atoms with Crippen LogP contribution in [0.1, 0.15) is 50.2 Å². The van der Waals surface area contributed by atoms with Crippen molar-refractivity contribution < 1.29 is 5.11 Å². The zero-order valence-electron chi connectivity index (χ0n) is 11.3. The first-order chi connectivity index (χ1) is 8.27.